The summed E-state index contributed by atoms with van der Waals surface area (Å²) < 4.78 is 10.7. The Hall–Kier alpha value is -3.52. The highest BCUT2D eigenvalue weighted by Gasteiger charge is 2.26. The first-order valence-electron chi connectivity index (χ1n) is 13.5. The topological polar surface area (TPSA) is 97.6 Å². The molecule has 1 saturated heterocycles. The summed E-state index contributed by atoms with van der Waals surface area (Å²) in [6.45, 7) is 11.2. The van der Waals surface area contributed by atoms with E-state index in [0.717, 1.165) is 44.3 Å². The van der Waals surface area contributed by atoms with Crippen molar-refractivity contribution in [1.29, 1.82) is 0 Å². The predicted molar refractivity (Wildman–Crippen MR) is 147 cm³/mol. The monoisotopic (exact) mass is 518 g/mol. The van der Waals surface area contributed by atoms with Gasteiger partial charge in [0.15, 0.2) is 0 Å². The van der Waals surface area contributed by atoms with Gasteiger partial charge in [0.25, 0.3) is 0 Å². The number of ether oxygens (including phenoxy) is 1. The number of piperidine rings is 1. The number of carbonyl (C=O) groups excluding carboxylic acids is 2. The fourth-order valence-electron chi connectivity index (χ4n) is 4.43. The second-order valence-electron chi connectivity index (χ2n) is 10.9. The van der Waals surface area contributed by atoms with Crippen LogP contribution in [-0.2, 0) is 21.5 Å². The highest BCUT2D eigenvalue weighted by atomic mass is 16.5. The van der Waals surface area contributed by atoms with Crippen molar-refractivity contribution in [3.05, 3.63) is 65.5 Å². The average molecular weight is 519 g/mol. The number of amides is 1. The van der Waals surface area contributed by atoms with Crippen molar-refractivity contribution in [2.75, 3.05) is 25.0 Å². The van der Waals surface area contributed by atoms with E-state index in [0.29, 0.717) is 36.1 Å². The summed E-state index contributed by atoms with van der Waals surface area (Å²) in [4.78, 5) is 31.7. The lowest BCUT2D eigenvalue weighted by Gasteiger charge is -2.30. The maximum atomic E-state index is 12.8. The molecule has 0 bridgehead atoms. The van der Waals surface area contributed by atoms with Gasteiger partial charge in [-0.05, 0) is 67.6 Å². The number of unbranched alkanes of at least 4 members (excludes halogenated alkanes) is 1. The van der Waals surface area contributed by atoms with E-state index in [1.54, 1.807) is 24.3 Å². The fraction of sp³-hybridized carbons (Fsp3) is 0.467. The summed E-state index contributed by atoms with van der Waals surface area (Å²) >= 11 is 0. The molecule has 0 radical (unpaired) electrons. The minimum Gasteiger partial charge on any atom is -0.462 e. The molecule has 1 aliphatic heterocycles. The molecule has 0 spiro atoms. The van der Waals surface area contributed by atoms with Crippen molar-refractivity contribution in [2.24, 2.45) is 5.92 Å². The Labute approximate surface area is 224 Å². The first-order valence-corrected chi connectivity index (χ1v) is 13.5. The van der Waals surface area contributed by atoms with Gasteiger partial charge in [-0.15, -0.1) is 0 Å². The fourth-order valence-corrected chi connectivity index (χ4v) is 4.43. The van der Waals surface area contributed by atoms with Gasteiger partial charge in [-0.25, -0.2) is 4.79 Å². The van der Waals surface area contributed by atoms with Crippen LogP contribution in [0.4, 0.5) is 5.69 Å². The molecular formula is C30H38N4O4. The number of hydrogen-bond acceptors (Lipinski definition) is 7. The van der Waals surface area contributed by atoms with Gasteiger partial charge in [0, 0.05) is 17.2 Å². The van der Waals surface area contributed by atoms with E-state index in [4.69, 9.17) is 9.26 Å². The number of carbonyl (C=O) groups is 2. The van der Waals surface area contributed by atoms with E-state index in [1.165, 1.54) is 5.56 Å². The molecule has 8 heteroatoms. The van der Waals surface area contributed by atoms with Crippen molar-refractivity contribution in [2.45, 2.75) is 65.3 Å². The number of nitrogens with one attached hydrogen (secondary N) is 1. The third kappa shape index (κ3) is 7.28. The Bertz CT molecular complexity index is 1200. The maximum Gasteiger partial charge on any atom is 0.338 e. The first-order chi connectivity index (χ1) is 18.2. The third-order valence-corrected chi connectivity index (χ3v) is 6.91. The summed E-state index contributed by atoms with van der Waals surface area (Å²) in [7, 11) is 0. The molecule has 202 valence electrons. The van der Waals surface area contributed by atoms with Gasteiger partial charge < -0.3 is 14.6 Å². The number of benzene rings is 2. The normalized spacial score (nSPS) is 14.8. The second kappa shape index (κ2) is 12.3. The van der Waals surface area contributed by atoms with Crippen LogP contribution in [0.2, 0.25) is 0 Å². The van der Waals surface area contributed by atoms with Crippen molar-refractivity contribution in [3.8, 4) is 11.4 Å². The van der Waals surface area contributed by atoms with E-state index >= 15 is 0 Å². The highest BCUT2D eigenvalue weighted by Crippen LogP contribution is 2.26. The lowest BCUT2D eigenvalue weighted by molar-refractivity contribution is -0.121. The lowest BCUT2D eigenvalue weighted by atomic mass is 9.87. The third-order valence-electron chi connectivity index (χ3n) is 6.91. The van der Waals surface area contributed by atoms with E-state index in [2.05, 4.69) is 53.3 Å². The number of likely N-dealkylation sites (tertiary alicyclic amines) is 1. The van der Waals surface area contributed by atoms with Gasteiger partial charge in [-0.1, -0.05) is 63.5 Å². The molecule has 2 aromatic carbocycles. The SMILES string of the molecule is CCCCOC(=O)c1ccc(NC(=O)C2CCN(Cc3nc(-c4ccc(C(C)(C)C)cc4)no3)CC2)cc1. The Kier molecular flexibility index (Phi) is 8.94. The minimum absolute atomic E-state index is 0.00158. The molecule has 1 aromatic heterocycles. The van der Waals surface area contributed by atoms with Crippen molar-refractivity contribution >= 4 is 17.6 Å². The number of esters is 1. The van der Waals surface area contributed by atoms with Crippen LogP contribution in [0.5, 0.6) is 0 Å². The Balaban J connectivity index is 1.23. The second-order valence-corrected chi connectivity index (χ2v) is 10.9. The van der Waals surface area contributed by atoms with Gasteiger partial charge in [-0.2, -0.15) is 4.98 Å². The molecule has 0 atom stereocenters. The zero-order valence-electron chi connectivity index (χ0n) is 22.8. The van der Waals surface area contributed by atoms with Gasteiger partial charge in [0.05, 0.1) is 18.7 Å². The van der Waals surface area contributed by atoms with Crippen LogP contribution in [0.15, 0.2) is 53.1 Å². The van der Waals surface area contributed by atoms with Crippen molar-refractivity contribution < 1.29 is 18.8 Å². The molecule has 4 rings (SSSR count). The van der Waals surface area contributed by atoms with Crippen LogP contribution < -0.4 is 5.32 Å². The Morgan fingerprint density at radius 1 is 1.05 bits per heavy atom. The van der Waals surface area contributed by atoms with Crippen molar-refractivity contribution in [3.63, 3.8) is 0 Å². The molecule has 0 saturated carbocycles. The van der Waals surface area contributed by atoms with Crippen LogP contribution in [0.3, 0.4) is 0 Å². The van der Waals surface area contributed by atoms with Gasteiger partial charge in [0.2, 0.25) is 17.6 Å². The predicted octanol–water partition coefficient (Wildman–Crippen LogP) is 5.84. The molecule has 0 unspecified atom stereocenters. The molecule has 2 heterocycles. The number of hydrogen-bond donors (Lipinski definition) is 1. The Morgan fingerprint density at radius 2 is 1.74 bits per heavy atom. The minimum atomic E-state index is -0.337. The molecule has 1 fully saturated rings. The van der Waals surface area contributed by atoms with Gasteiger partial charge in [-0.3, -0.25) is 9.69 Å². The quantitative estimate of drug-likeness (QED) is 0.281. The average Bonchev–Trinajstić information content (AvgIpc) is 3.37. The van der Waals surface area contributed by atoms with Crippen LogP contribution in [-0.4, -0.2) is 46.6 Å². The number of aromatic nitrogens is 2. The lowest BCUT2D eigenvalue weighted by Crippen LogP contribution is -2.37. The van der Waals surface area contributed by atoms with E-state index < -0.39 is 0 Å². The number of anilines is 1. The summed E-state index contributed by atoms with van der Waals surface area (Å²) in [6, 6.07) is 15.1. The van der Waals surface area contributed by atoms with Gasteiger partial charge in [0.1, 0.15) is 0 Å². The van der Waals surface area contributed by atoms with Gasteiger partial charge >= 0.3 is 5.97 Å². The molecule has 1 amide bonds. The largest absolute Gasteiger partial charge is 0.462 e. The summed E-state index contributed by atoms with van der Waals surface area (Å²) in [5.41, 5.74) is 3.45. The van der Waals surface area contributed by atoms with Crippen LogP contribution in [0.1, 0.15) is 75.2 Å². The molecule has 8 nitrogen and oxygen atoms in total. The standard InChI is InChI=1S/C30H38N4O4/c1-5-6-19-37-29(36)23-9-13-25(14-10-23)31-28(35)22-15-17-34(18-16-22)20-26-32-27(33-38-26)21-7-11-24(12-8-21)30(2,3)4/h7-14,22H,5-6,15-20H2,1-4H3,(H,31,35). The zero-order chi connectivity index (χ0) is 27.1. The Morgan fingerprint density at radius 3 is 2.37 bits per heavy atom. The molecule has 38 heavy (non-hydrogen) atoms. The van der Waals surface area contributed by atoms with Crippen LogP contribution >= 0.6 is 0 Å². The molecule has 0 aliphatic carbocycles. The number of nitrogens with zero attached hydrogens (tertiary/aromatic N) is 3. The molecular weight excluding hydrogens is 480 g/mol. The number of rotatable bonds is 9. The van der Waals surface area contributed by atoms with Crippen molar-refractivity contribution in [1.82, 2.24) is 15.0 Å². The van der Waals surface area contributed by atoms with Crippen LogP contribution in [0.25, 0.3) is 11.4 Å². The smallest absolute Gasteiger partial charge is 0.338 e. The zero-order valence-corrected chi connectivity index (χ0v) is 22.8. The first kappa shape index (κ1) is 27.5. The van der Waals surface area contributed by atoms with E-state index in [-0.39, 0.29) is 23.2 Å². The summed E-state index contributed by atoms with van der Waals surface area (Å²) in [6.07, 6.45) is 3.33. The molecule has 3 aromatic rings. The highest BCUT2D eigenvalue weighted by molar-refractivity contribution is 5.94. The van der Waals surface area contributed by atoms with E-state index in [1.807, 2.05) is 19.1 Å². The summed E-state index contributed by atoms with van der Waals surface area (Å²) in [5, 5.41) is 7.14. The molecule has 1 N–H and O–H groups in total. The maximum absolute atomic E-state index is 12.8. The summed E-state index contributed by atoms with van der Waals surface area (Å²) in [5.74, 6) is 0.771. The molecule has 1 aliphatic rings. The van der Waals surface area contributed by atoms with E-state index in [9.17, 15) is 9.59 Å². The van der Waals surface area contributed by atoms with Crippen LogP contribution in [0, 0.1) is 5.92 Å².